The highest BCUT2D eigenvalue weighted by atomic mass is 79.9. The summed E-state index contributed by atoms with van der Waals surface area (Å²) in [5.41, 5.74) is 2.03. The molecular weight excluding hydrogens is 456 g/mol. The van der Waals surface area contributed by atoms with Crippen molar-refractivity contribution < 1.29 is 17.9 Å². The van der Waals surface area contributed by atoms with E-state index in [1.54, 1.807) is 19.2 Å². The van der Waals surface area contributed by atoms with Crippen molar-refractivity contribution in [3.8, 4) is 11.5 Å². The van der Waals surface area contributed by atoms with Gasteiger partial charge in [0.1, 0.15) is 0 Å². The number of hydrogen-bond donors (Lipinski definition) is 2. The highest BCUT2D eigenvalue weighted by Gasteiger charge is 2.12. The van der Waals surface area contributed by atoms with Crippen molar-refractivity contribution >= 4 is 38.4 Å². The zero-order valence-corrected chi connectivity index (χ0v) is 18.4. The molecule has 0 saturated heterocycles. The summed E-state index contributed by atoms with van der Waals surface area (Å²) in [6.45, 7) is 3.85. The third-order valence-electron chi connectivity index (χ3n) is 3.76. The number of rotatable bonds is 9. The second kappa shape index (κ2) is 10.9. The zero-order valence-electron chi connectivity index (χ0n) is 15.2. The molecule has 0 aliphatic heterocycles. The van der Waals surface area contributed by atoms with Gasteiger partial charge >= 0.3 is 0 Å². The van der Waals surface area contributed by atoms with E-state index >= 15 is 0 Å². The van der Waals surface area contributed by atoms with Gasteiger partial charge in [-0.2, -0.15) is 0 Å². The average molecular weight is 480 g/mol. The third-order valence-corrected chi connectivity index (χ3v) is 5.15. The Labute approximate surface area is 175 Å². The van der Waals surface area contributed by atoms with Gasteiger partial charge in [0, 0.05) is 16.6 Å². The number of primary sulfonamides is 1. The normalized spacial score (nSPS) is 11.0. The van der Waals surface area contributed by atoms with Gasteiger partial charge in [-0.15, -0.1) is 12.4 Å². The molecule has 0 bridgehead atoms. The molecule has 0 aliphatic rings. The van der Waals surface area contributed by atoms with E-state index in [-0.39, 0.29) is 17.3 Å². The molecule has 0 spiro atoms. The number of sulfonamides is 1. The number of hydrogen-bond acceptors (Lipinski definition) is 5. The molecule has 0 aromatic heterocycles. The van der Waals surface area contributed by atoms with Crippen LogP contribution in [-0.2, 0) is 23.0 Å². The molecule has 0 aliphatic carbocycles. The lowest BCUT2D eigenvalue weighted by molar-refractivity contribution is 0.306. The van der Waals surface area contributed by atoms with Gasteiger partial charge in [0.2, 0.25) is 10.0 Å². The van der Waals surface area contributed by atoms with E-state index in [4.69, 9.17) is 14.6 Å². The minimum atomic E-state index is -3.65. The quantitative estimate of drug-likeness (QED) is 0.539. The fraction of sp³-hybridized carbons (Fsp3) is 0.333. The van der Waals surface area contributed by atoms with Gasteiger partial charge in [0.25, 0.3) is 0 Å². The maximum Gasteiger partial charge on any atom is 0.238 e. The SMILES string of the molecule is CCOc1c(CNCCc2ccc(S(N)(=O)=O)cc2)cc(Br)cc1OC.Cl. The van der Waals surface area contributed by atoms with E-state index in [1.807, 2.05) is 19.1 Å². The molecule has 0 fully saturated rings. The Morgan fingerprint density at radius 1 is 1.19 bits per heavy atom. The highest BCUT2D eigenvalue weighted by Crippen LogP contribution is 2.34. The van der Waals surface area contributed by atoms with Gasteiger partial charge in [-0.25, -0.2) is 13.6 Å². The highest BCUT2D eigenvalue weighted by molar-refractivity contribution is 9.10. The van der Waals surface area contributed by atoms with Crippen LogP contribution in [0.2, 0.25) is 0 Å². The molecule has 150 valence electrons. The summed E-state index contributed by atoms with van der Waals surface area (Å²) < 4.78 is 34.6. The summed E-state index contributed by atoms with van der Waals surface area (Å²) in [4.78, 5) is 0.122. The van der Waals surface area contributed by atoms with Crippen molar-refractivity contribution in [1.29, 1.82) is 0 Å². The van der Waals surface area contributed by atoms with E-state index in [0.717, 1.165) is 34.3 Å². The largest absolute Gasteiger partial charge is 0.493 e. The lowest BCUT2D eigenvalue weighted by Gasteiger charge is -2.15. The summed E-state index contributed by atoms with van der Waals surface area (Å²) in [5.74, 6) is 1.43. The Bertz CT molecular complexity index is 845. The Hall–Kier alpha value is -1.32. The van der Waals surface area contributed by atoms with E-state index in [9.17, 15) is 8.42 Å². The van der Waals surface area contributed by atoms with Gasteiger partial charge < -0.3 is 14.8 Å². The van der Waals surface area contributed by atoms with Gasteiger partial charge in [0.05, 0.1) is 18.6 Å². The molecule has 2 rings (SSSR count). The minimum Gasteiger partial charge on any atom is -0.493 e. The molecule has 0 amide bonds. The van der Waals surface area contributed by atoms with Crippen molar-refractivity contribution in [3.05, 3.63) is 52.0 Å². The number of nitrogens with one attached hydrogen (secondary N) is 1. The first-order valence-corrected chi connectivity index (χ1v) is 10.5. The summed E-state index contributed by atoms with van der Waals surface area (Å²) >= 11 is 3.48. The van der Waals surface area contributed by atoms with Gasteiger partial charge in [0.15, 0.2) is 11.5 Å². The van der Waals surface area contributed by atoms with Crippen LogP contribution < -0.4 is 19.9 Å². The number of halogens is 2. The predicted octanol–water partition coefficient (Wildman–Crippen LogP) is 3.26. The molecule has 3 N–H and O–H groups in total. The van der Waals surface area contributed by atoms with Crippen LogP contribution in [0.3, 0.4) is 0 Å². The number of ether oxygens (including phenoxy) is 2. The van der Waals surface area contributed by atoms with Crippen LogP contribution in [0.4, 0.5) is 0 Å². The van der Waals surface area contributed by atoms with Crippen LogP contribution >= 0.6 is 28.3 Å². The molecule has 0 atom stereocenters. The van der Waals surface area contributed by atoms with E-state index in [1.165, 1.54) is 12.1 Å². The van der Waals surface area contributed by atoms with E-state index < -0.39 is 10.0 Å². The Kier molecular flexibility index (Phi) is 9.55. The van der Waals surface area contributed by atoms with E-state index in [2.05, 4.69) is 21.2 Å². The lowest BCUT2D eigenvalue weighted by atomic mass is 10.1. The van der Waals surface area contributed by atoms with E-state index in [0.29, 0.717) is 18.9 Å². The summed E-state index contributed by atoms with van der Waals surface area (Å²) in [6.07, 6.45) is 0.764. The van der Waals surface area contributed by atoms with Crippen LogP contribution in [0.15, 0.2) is 45.8 Å². The minimum absolute atomic E-state index is 0. The van der Waals surface area contributed by atoms with Crippen LogP contribution in [-0.4, -0.2) is 28.7 Å². The molecule has 6 nitrogen and oxygen atoms in total. The number of methoxy groups -OCH3 is 1. The Morgan fingerprint density at radius 2 is 1.85 bits per heavy atom. The van der Waals surface area contributed by atoms with Crippen molar-refractivity contribution in [2.24, 2.45) is 5.14 Å². The second-order valence-corrected chi connectivity index (χ2v) is 8.12. The van der Waals surface area contributed by atoms with Crippen molar-refractivity contribution in [3.63, 3.8) is 0 Å². The van der Waals surface area contributed by atoms with Crippen molar-refractivity contribution in [2.45, 2.75) is 24.8 Å². The molecule has 27 heavy (non-hydrogen) atoms. The first-order chi connectivity index (χ1) is 12.3. The molecule has 2 aromatic rings. The summed E-state index contributed by atoms with van der Waals surface area (Å²) in [6, 6.07) is 10.5. The monoisotopic (exact) mass is 478 g/mol. The first-order valence-electron chi connectivity index (χ1n) is 8.16. The second-order valence-electron chi connectivity index (χ2n) is 5.65. The molecule has 0 saturated carbocycles. The molecule has 0 radical (unpaired) electrons. The molecule has 0 heterocycles. The Morgan fingerprint density at radius 3 is 2.41 bits per heavy atom. The fourth-order valence-corrected chi connectivity index (χ4v) is 3.52. The predicted molar refractivity (Wildman–Crippen MR) is 112 cm³/mol. The Balaban J connectivity index is 0.00000364. The maximum atomic E-state index is 11.3. The molecule has 9 heteroatoms. The van der Waals surface area contributed by atoms with Crippen molar-refractivity contribution in [2.75, 3.05) is 20.3 Å². The van der Waals surface area contributed by atoms with Crippen LogP contribution in [0.25, 0.3) is 0 Å². The molecule has 2 aromatic carbocycles. The van der Waals surface area contributed by atoms with Gasteiger partial charge in [-0.3, -0.25) is 0 Å². The summed E-state index contributed by atoms with van der Waals surface area (Å²) in [7, 11) is -2.03. The number of nitrogens with two attached hydrogens (primary N) is 1. The van der Waals surface area contributed by atoms with Crippen LogP contribution in [0.5, 0.6) is 11.5 Å². The maximum absolute atomic E-state index is 11.3. The average Bonchev–Trinajstić information content (AvgIpc) is 2.60. The zero-order chi connectivity index (χ0) is 19.2. The molecule has 0 unspecified atom stereocenters. The fourth-order valence-electron chi connectivity index (χ4n) is 2.52. The first kappa shape index (κ1) is 23.7. The topological polar surface area (TPSA) is 90.6 Å². The third kappa shape index (κ3) is 6.97. The van der Waals surface area contributed by atoms with Crippen LogP contribution in [0, 0.1) is 0 Å². The smallest absolute Gasteiger partial charge is 0.238 e. The van der Waals surface area contributed by atoms with Gasteiger partial charge in [-0.1, -0.05) is 28.1 Å². The standard InChI is InChI=1S/C18H23BrN2O4S.ClH/c1-3-25-18-14(10-15(19)11-17(18)24-2)12-21-9-8-13-4-6-16(7-5-13)26(20,22)23;/h4-7,10-11,21H,3,8-9,12H2,1-2H3,(H2,20,22,23);1H. The van der Waals surface area contributed by atoms with Crippen molar-refractivity contribution in [1.82, 2.24) is 5.32 Å². The lowest BCUT2D eigenvalue weighted by Crippen LogP contribution is -2.18. The number of benzene rings is 2. The van der Waals surface area contributed by atoms with Crippen LogP contribution in [0.1, 0.15) is 18.1 Å². The molecular formula is C18H24BrClN2O4S. The summed E-state index contributed by atoms with van der Waals surface area (Å²) in [5, 5.41) is 8.47. The van der Waals surface area contributed by atoms with Gasteiger partial charge in [-0.05, 0) is 49.7 Å².